The molecular formula is C21H29N3O6S2. The first kappa shape index (κ1) is 25.9. The van der Waals surface area contributed by atoms with Gasteiger partial charge < -0.3 is 0 Å². The van der Waals surface area contributed by atoms with E-state index in [0.717, 1.165) is 11.1 Å². The Kier molecular flexibility index (Phi) is 7.84. The van der Waals surface area contributed by atoms with Crippen molar-refractivity contribution < 1.29 is 26.8 Å². The molecule has 2 rings (SSSR count). The molecular weight excluding hydrogens is 454 g/mol. The molecule has 1 unspecified atom stereocenters. The van der Waals surface area contributed by atoms with Crippen molar-refractivity contribution in [3.63, 3.8) is 0 Å². The molecule has 0 saturated heterocycles. The molecule has 9 nitrogen and oxygen atoms in total. The number of nitrogens with one attached hydrogen (secondary N) is 3. The van der Waals surface area contributed by atoms with Gasteiger partial charge >= 0.3 is 0 Å². The van der Waals surface area contributed by atoms with Crippen molar-refractivity contribution in [2.45, 2.75) is 57.4 Å². The number of hydrogen-bond acceptors (Lipinski definition) is 6. The Hall–Kier alpha value is -2.31. The van der Waals surface area contributed by atoms with Crippen LogP contribution in [0.1, 0.15) is 33.4 Å². The standard InChI is InChI=1S/C21H29N3O6S2/c1-12-7-14(3)19(15(4)8-12)31(27,28)22-11-18(21(25)23-26)24-32(29,30)20-16(5)9-13(2)10-17(20)6/h7-10,18,22,24,26H,11H2,1-6H3,(H,23,25). The van der Waals surface area contributed by atoms with Gasteiger partial charge in [-0.25, -0.2) is 27.0 Å². The van der Waals surface area contributed by atoms with Crippen LogP contribution in [-0.4, -0.2) is 40.5 Å². The number of carbonyl (C=O) groups is 1. The SMILES string of the molecule is Cc1cc(C)c(S(=O)(=O)NCC(NS(=O)(=O)c2c(C)cc(C)cc2C)C(=O)NO)c(C)c1. The van der Waals surface area contributed by atoms with Crippen LogP contribution < -0.4 is 14.9 Å². The average Bonchev–Trinajstić information content (AvgIpc) is 2.62. The first-order valence-corrected chi connectivity index (χ1v) is 12.8. The van der Waals surface area contributed by atoms with Gasteiger partial charge in [0.15, 0.2) is 0 Å². The predicted molar refractivity (Wildman–Crippen MR) is 121 cm³/mol. The largest absolute Gasteiger partial charge is 0.289 e. The molecule has 4 N–H and O–H groups in total. The summed E-state index contributed by atoms with van der Waals surface area (Å²) in [6.45, 7) is 9.62. The van der Waals surface area contributed by atoms with E-state index >= 15 is 0 Å². The second-order valence-electron chi connectivity index (χ2n) is 7.96. The van der Waals surface area contributed by atoms with E-state index in [0.29, 0.717) is 22.3 Å². The zero-order valence-corrected chi connectivity index (χ0v) is 20.5. The lowest BCUT2D eigenvalue weighted by Crippen LogP contribution is -2.52. The fourth-order valence-corrected chi connectivity index (χ4v) is 7.10. The topological polar surface area (TPSA) is 142 Å². The maximum Gasteiger partial charge on any atom is 0.262 e. The Balaban J connectivity index is 2.36. The minimum absolute atomic E-state index is 0.00748. The fraction of sp³-hybridized carbons (Fsp3) is 0.381. The first-order valence-electron chi connectivity index (χ1n) is 9.81. The van der Waals surface area contributed by atoms with Gasteiger partial charge in [0.25, 0.3) is 5.91 Å². The number of hydroxylamine groups is 1. The van der Waals surface area contributed by atoms with Gasteiger partial charge in [-0.05, 0) is 63.8 Å². The van der Waals surface area contributed by atoms with E-state index in [9.17, 15) is 21.6 Å². The predicted octanol–water partition coefficient (Wildman–Crippen LogP) is 1.67. The molecule has 1 atom stereocenters. The van der Waals surface area contributed by atoms with Crippen LogP contribution in [0.2, 0.25) is 0 Å². The molecule has 176 valence electrons. The quantitative estimate of drug-likeness (QED) is 0.332. The molecule has 1 amide bonds. The Morgan fingerprint density at radius 3 is 1.53 bits per heavy atom. The van der Waals surface area contributed by atoms with E-state index in [1.165, 1.54) is 5.48 Å². The molecule has 11 heteroatoms. The van der Waals surface area contributed by atoms with Crippen molar-refractivity contribution in [1.82, 2.24) is 14.9 Å². The van der Waals surface area contributed by atoms with E-state index in [-0.39, 0.29) is 9.79 Å². The van der Waals surface area contributed by atoms with Crippen LogP contribution in [0.4, 0.5) is 0 Å². The van der Waals surface area contributed by atoms with E-state index in [4.69, 9.17) is 5.21 Å². The average molecular weight is 484 g/mol. The van der Waals surface area contributed by atoms with Gasteiger partial charge in [0.2, 0.25) is 20.0 Å². The van der Waals surface area contributed by atoms with Crippen LogP contribution in [0.25, 0.3) is 0 Å². The molecule has 0 spiro atoms. The zero-order valence-electron chi connectivity index (χ0n) is 18.9. The minimum Gasteiger partial charge on any atom is -0.289 e. The monoisotopic (exact) mass is 483 g/mol. The molecule has 2 aromatic carbocycles. The maximum atomic E-state index is 13.0. The minimum atomic E-state index is -4.20. The number of hydrogen-bond donors (Lipinski definition) is 4. The number of benzene rings is 2. The van der Waals surface area contributed by atoms with Gasteiger partial charge in [-0.2, -0.15) is 4.72 Å². The highest BCUT2D eigenvalue weighted by molar-refractivity contribution is 7.90. The Labute approximate surface area is 189 Å². The molecule has 0 fully saturated rings. The van der Waals surface area contributed by atoms with Crippen molar-refractivity contribution in [1.29, 1.82) is 0 Å². The van der Waals surface area contributed by atoms with Crippen LogP contribution in [0.3, 0.4) is 0 Å². The van der Waals surface area contributed by atoms with Gasteiger partial charge in [-0.1, -0.05) is 35.4 Å². The highest BCUT2D eigenvalue weighted by Crippen LogP contribution is 2.23. The Morgan fingerprint density at radius 2 is 1.16 bits per heavy atom. The molecule has 0 aromatic heterocycles. The highest BCUT2D eigenvalue weighted by Gasteiger charge is 2.30. The molecule has 0 aliphatic heterocycles. The van der Waals surface area contributed by atoms with Gasteiger partial charge in [-0.3, -0.25) is 10.0 Å². The van der Waals surface area contributed by atoms with Gasteiger partial charge in [-0.15, -0.1) is 0 Å². The van der Waals surface area contributed by atoms with E-state index in [1.807, 2.05) is 13.8 Å². The molecule has 0 aliphatic carbocycles. The van der Waals surface area contributed by atoms with Crippen molar-refractivity contribution in [2.75, 3.05) is 6.54 Å². The molecule has 0 heterocycles. The second kappa shape index (κ2) is 9.67. The molecule has 0 radical (unpaired) electrons. The van der Waals surface area contributed by atoms with Gasteiger partial charge in [0.1, 0.15) is 6.04 Å². The third-order valence-electron chi connectivity index (χ3n) is 4.95. The van der Waals surface area contributed by atoms with Gasteiger partial charge in [0.05, 0.1) is 9.79 Å². The Morgan fingerprint density at radius 1 is 0.781 bits per heavy atom. The maximum absolute atomic E-state index is 13.0. The summed E-state index contributed by atoms with van der Waals surface area (Å²) >= 11 is 0. The summed E-state index contributed by atoms with van der Waals surface area (Å²) in [4.78, 5) is 12.2. The first-order chi connectivity index (χ1) is 14.7. The van der Waals surface area contributed by atoms with E-state index < -0.39 is 38.5 Å². The summed E-state index contributed by atoms with van der Waals surface area (Å²) in [7, 11) is -8.27. The normalized spacial score (nSPS) is 13.1. The second-order valence-corrected chi connectivity index (χ2v) is 11.3. The number of rotatable bonds is 8. The molecule has 2 aromatic rings. The lowest BCUT2D eigenvalue weighted by atomic mass is 10.1. The summed E-state index contributed by atoms with van der Waals surface area (Å²) in [5.41, 5.74) is 5.14. The third kappa shape index (κ3) is 5.73. The molecule has 32 heavy (non-hydrogen) atoms. The van der Waals surface area contributed by atoms with E-state index in [1.54, 1.807) is 52.0 Å². The summed E-state index contributed by atoms with van der Waals surface area (Å²) in [6.07, 6.45) is 0. The lowest BCUT2D eigenvalue weighted by Gasteiger charge is -2.20. The van der Waals surface area contributed by atoms with Gasteiger partial charge in [0, 0.05) is 6.54 Å². The third-order valence-corrected chi connectivity index (χ3v) is 8.45. The molecule has 0 saturated carbocycles. The molecule has 0 bridgehead atoms. The lowest BCUT2D eigenvalue weighted by molar-refractivity contribution is -0.130. The Bertz CT molecular complexity index is 1210. The van der Waals surface area contributed by atoms with Crippen molar-refractivity contribution >= 4 is 26.0 Å². The summed E-state index contributed by atoms with van der Waals surface area (Å²) in [5.74, 6) is -1.10. The summed E-state index contributed by atoms with van der Waals surface area (Å²) < 4.78 is 56.3. The van der Waals surface area contributed by atoms with Crippen molar-refractivity contribution in [3.8, 4) is 0 Å². The highest BCUT2D eigenvalue weighted by atomic mass is 32.2. The van der Waals surface area contributed by atoms with Crippen LogP contribution in [0.5, 0.6) is 0 Å². The number of amides is 1. The number of carbonyl (C=O) groups excluding carboxylic acids is 1. The van der Waals surface area contributed by atoms with Crippen LogP contribution in [0.15, 0.2) is 34.1 Å². The summed E-state index contributed by atoms with van der Waals surface area (Å²) in [5, 5.41) is 9.07. The summed E-state index contributed by atoms with van der Waals surface area (Å²) in [6, 6.07) is 5.21. The van der Waals surface area contributed by atoms with Crippen molar-refractivity contribution in [3.05, 3.63) is 57.6 Å². The smallest absolute Gasteiger partial charge is 0.262 e. The van der Waals surface area contributed by atoms with Crippen LogP contribution in [-0.2, 0) is 24.8 Å². The fourth-order valence-electron chi connectivity index (χ4n) is 3.96. The number of aryl methyl sites for hydroxylation is 6. The molecule has 0 aliphatic rings. The van der Waals surface area contributed by atoms with E-state index in [2.05, 4.69) is 9.44 Å². The number of sulfonamides is 2. The van der Waals surface area contributed by atoms with Crippen LogP contribution in [0, 0.1) is 41.5 Å². The zero-order chi connectivity index (χ0) is 24.4. The van der Waals surface area contributed by atoms with Crippen LogP contribution >= 0.6 is 0 Å². The van der Waals surface area contributed by atoms with Crippen molar-refractivity contribution in [2.24, 2.45) is 0 Å².